The summed E-state index contributed by atoms with van der Waals surface area (Å²) in [5, 5.41) is 2.76. The molecule has 2 nitrogen and oxygen atoms in total. The van der Waals surface area contributed by atoms with Gasteiger partial charge in [-0.2, -0.15) is 13.2 Å². The lowest BCUT2D eigenvalue weighted by atomic mass is 10.1. The first-order chi connectivity index (χ1) is 10.9. The maximum atomic E-state index is 12.6. The van der Waals surface area contributed by atoms with Crippen LogP contribution in [-0.4, -0.2) is 5.91 Å². The Bertz CT molecular complexity index is 693. The quantitative estimate of drug-likeness (QED) is 0.820. The van der Waals surface area contributed by atoms with E-state index >= 15 is 0 Å². The lowest BCUT2D eigenvalue weighted by Crippen LogP contribution is -2.24. The number of rotatable bonds is 4. The molecule has 1 atom stereocenters. The van der Waals surface area contributed by atoms with Gasteiger partial charge in [0.2, 0.25) is 5.91 Å². The van der Waals surface area contributed by atoms with Crippen molar-refractivity contribution in [3.8, 4) is 0 Å². The van der Waals surface area contributed by atoms with Gasteiger partial charge in [-0.25, -0.2) is 0 Å². The van der Waals surface area contributed by atoms with E-state index in [2.05, 4.69) is 5.32 Å². The second kappa shape index (κ2) is 7.13. The molecule has 0 radical (unpaired) electrons. The van der Waals surface area contributed by atoms with Gasteiger partial charge in [0.25, 0.3) is 0 Å². The van der Waals surface area contributed by atoms with Crippen molar-refractivity contribution in [2.75, 3.05) is 0 Å². The number of nitrogens with one attached hydrogen (secondary N) is 1. The van der Waals surface area contributed by atoms with Crippen molar-refractivity contribution in [2.45, 2.75) is 19.1 Å². The number of amides is 1. The Kier molecular flexibility index (Phi) is 5.21. The van der Waals surface area contributed by atoms with Gasteiger partial charge in [0, 0.05) is 6.08 Å². The van der Waals surface area contributed by atoms with Crippen LogP contribution >= 0.6 is 0 Å². The van der Waals surface area contributed by atoms with Gasteiger partial charge in [-0.05, 0) is 36.3 Å². The molecule has 2 aromatic carbocycles. The smallest absolute Gasteiger partial charge is 0.346 e. The van der Waals surface area contributed by atoms with Crippen LogP contribution in [0.15, 0.2) is 60.7 Å². The van der Waals surface area contributed by atoms with Crippen LogP contribution in [0.4, 0.5) is 13.2 Å². The standard InChI is InChI=1S/C18H16F3NO/c1-13(15-7-3-2-4-8-15)22-17(23)11-10-14-6-5-9-16(12-14)18(19,20)21/h2-13H,1H3,(H,22,23)/b11-10+/t13-/m0/s1. The van der Waals surface area contributed by atoms with Gasteiger partial charge in [-0.1, -0.05) is 42.5 Å². The number of benzene rings is 2. The summed E-state index contributed by atoms with van der Waals surface area (Å²) in [6.45, 7) is 1.84. The molecule has 1 amide bonds. The van der Waals surface area contributed by atoms with Gasteiger partial charge in [-0.3, -0.25) is 4.79 Å². The molecule has 0 aliphatic carbocycles. The summed E-state index contributed by atoms with van der Waals surface area (Å²) >= 11 is 0. The van der Waals surface area contributed by atoms with E-state index in [0.29, 0.717) is 5.56 Å². The molecule has 0 aliphatic heterocycles. The van der Waals surface area contributed by atoms with Gasteiger partial charge in [0.15, 0.2) is 0 Å². The van der Waals surface area contributed by atoms with Crippen LogP contribution in [0.1, 0.15) is 29.7 Å². The molecule has 0 aliphatic rings. The molecule has 1 N–H and O–H groups in total. The normalized spacial score (nSPS) is 13.0. The average molecular weight is 319 g/mol. The first-order valence-electron chi connectivity index (χ1n) is 7.07. The van der Waals surface area contributed by atoms with E-state index in [9.17, 15) is 18.0 Å². The molecule has 0 heterocycles. The molecule has 0 saturated heterocycles. The van der Waals surface area contributed by atoms with Crippen LogP contribution < -0.4 is 5.32 Å². The highest BCUT2D eigenvalue weighted by Gasteiger charge is 2.30. The molecule has 0 saturated carbocycles. The van der Waals surface area contributed by atoms with Crippen molar-refractivity contribution in [2.24, 2.45) is 0 Å². The van der Waals surface area contributed by atoms with Crippen LogP contribution in [0.25, 0.3) is 6.08 Å². The monoisotopic (exact) mass is 319 g/mol. The van der Waals surface area contributed by atoms with Crippen molar-refractivity contribution in [1.29, 1.82) is 0 Å². The van der Waals surface area contributed by atoms with Crippen molar-refractivity contribution >= 4 is 12.0 Å². The molecular weight excluding hydrogens is 303 g/mol. The lowest BCUT2D eigenvalue weighted by molar-refractivity contribution is -0.137. The van der Waals surface area contributed by atoms with Crippen LogP contribution in [0.3, 0.4) is 0 Å². The second-order valence-electron chi connectivity index (χ2n) is 5.10. The molecular formula is C18H16F3NO. The van der Waals surface area contributed by atoms with E-state index in [4.69, 9.17) is 0 Å². The van der Waals surface area contributed by atoms with Crippen molar-refractivity contribution < 1.29 is 18.0 Å². The number of hydrogen-bond acceptors (Lipinski definition) is 1. The minimum absolute atomic E-state index is 0.185. The highest BCUT2D eigenvalue weighted by Crippen LogP contribution is 2.29. The summed E-state index contributed by atoms with van der Waals surface area (Å²) in [5.74, 6) is -0.362. The fraction of sp³-hybridized carbons (Fsp3) is 0.167. The Balaban J connectivity index is 2.01. The SMILES string of the molecule is C[C@H](NC(=O)/C=C/c1cccc(C(F)(F)F)c1)c1ccccc1. The van der Waals surface area contributed by atoms with Crippen LogP contribution in [0, 0.1) is 0 Å². The number of carbonyl (C=O) groups excluding carboxylic acids is 1. The number of alkyl halides is 3. The Morgan fingerprint density at radius 2 is 1.78 bits per heavy atom. The molecule has 2 rings (SSSR count). The zero-order valence-electron chi connectivity index (χ0n) is 12.5. The Morgan fingerprint density at radius 3 is 2.43 bits per heavy atom. The minimum Gasteiger partial charge on any atom is -0.346 e. The summed E-state index contributed by atoms with van der Waals surface area (Å²) in [6, 6.07) is 14.0. The van der Waals surface area contributed by atoms with E-state index in [1.54, 1.807) is 0 Å². The van der Waals surface area contributed by atoms with E-state index in [1.165, 1.54) is 24.3 Å². The topological polar surface area (TPSA) is 29.1 Å². The molecule has 5 heteroatoms. The highest BCUT2D eigenvalue weighted by molar-refractivity contribution is 5.92. The third-order valence-electron chi connectivity index (χ3n) is 3.30. The van der Waals surface area contributed by atoms with Gasteiger partial charge in [0.1, 0.15) is 0 Å². The van der Waals surface area contributed by atoms with E-state index in [1.807, 2.05) is 37.3 Å². The Morgan fingerprint density at radius 1 is 1.09 bits per heavy atom. The number of carbonyl (C=O) groups is 1. The summed E-state index contributed by atoms with van der Waals surface area (Å²) in [6.07, 6.45) is -1.80. The van der Waals surface area contributed by atoms with Gasteiger partial charge in [0.05, 0.1) is 11.6 Å². The number of hydrogen-bond donors (Lipinski definition) is 1. The lowest BCUT2D eigenvalue weighted by Gasteiger charge is -2.12. The first kappa shape index (κ1) is 16.8. The summed E-state index contributed by atoms with van der Waals surface area (Å²) in [4.78, 5) is 11.9. The average Bonchev–Trinajstić information content (AvgIpc) is 2.53. The van der Waals surface area contributed by atoms with E-state index < -0.39 is 11.7 Å². The Hall–Kier alpha value is -2.56. The minimum atomic E-state index is -4.39. The Labute approximate surface area is 132 Å². The molecule has 0 spiro atoms. The molecule has 2 aromatic rings. The molecule has 0 aromatic heterocycles. The van der Waals surface area contributed by atoms with E-state index in [-0.39, 0.29) is 11.9 Å². The highest BCUT2D eigenvalue weighted by atomic mass is 19.4. The second-order valence-corrected chi connectivity index (χ2v) is 5.10. The largest absolute Gasteiger partial charge is 0.416 e. The molecule has 0 unspecified atom stereocenters. The first-order valence-corrected chi connectivity index (χ1v) is 7.07. The van der Waals surface area contributed by atoms with E-state index in [0.717, 1.165) is 17.7 Å². The molecule has 0 fully saturated rings. The fourth-order valence-electron chi connectivity index (χ4n) is 2.08. The van der Waals surface area contributed by atoms with Crippen molar-refractivity contribution in [3.05, 3.63) is 77.4 Å². The van der Waals surface area contributed by atoms with Crippen LogP contribution in [-0.2, 0) is 11.0 Å². The van der Waals surface area contributed by atoms with Crippen molar-refractivity contribution in [1.82, 2.24) is 5.32 Å². The fourth-order valence-corrected chi connectivity index (χ4v) is 2.08. The molecule has 0 bridgehead atoms. The predicted molar refractivity (Wildman–Crippen MR) is 83.5 cm³/mol. The summed E-state index contributed by atoms with van der Waals surface area (Å²) in [7, 11) is 0. The number of halogens is 3. The predicted octanol–water partition coefficient (Wildman–Crippen LogP) is 4.60. The van der Waals surface area contributed by atoms with Gasteiger partial charge in [-0.15, -0.1) is 0 Å². The van der Waals surface area contributed by atoms with Gasteiger partial charge < -0.3 is 5.32 Å². The van der Waals surface area contributed by atoms with Crippen LogP contribution in [0.2, 0.25) is 0 Å². The summed E-state index contributed by atoms with van der Waals surface area (Å²) in [5.41, 5.74) is 0.536. The van der Waals surface area contributed by atoms with Gasteiger partial charge >= 0.3 is 6.18 Å². The summed E-state index contributed by atoms with van der Waals surface area (Å²) < 4.78 is 37.9. The zero-order valence-corrected chi connectivity index (χ0v) is 12.5. The third-order valence-corrected chi connectivity index (χ3v) is 3.30. The maximum absolute atomic E-state index is 12.6. The molecule has 23 heavy (non-hydrogen) atoms. The van der Waals surface area contributed by atoms with Crippen LogP contribution in [0.5, 0.6) is 0 Å². The zero-order chi connectivity index (χ0) is 16.9. The van der Waals surface area contributed by atoms with Crippen molar-refractivity contribution in [3.63, 3.8) is 0 Å². The molecule has 120 valence electrons. The maximum Gasteiger partial charge on any atom is 0.416 e. The third kappa shape index (κ3) is 4.98.